The summed E-state index contributed by atoms with van der Waals surface area (Å²) in [5, 5.41) is 13.7. The maximum atomic E-state index is 13.6. The number of nitrogens with one attached hydrogen (secondary N) is 1. The molecule has 0 radical (unpaired) electrons. The quantitative estimate of drug-likeness (QED) is 0.774. The molecular formula is C22H22ClN7O2. The van der Waals surface area contributed by atoms with Crippen molar-refractivity contribution in [2.75, 3.05) is 12.4 Å². The molecule has 1 aromatic heterocycles. The van der Waals surface area contributed by atoms with Crippen molar-refractivity contribution in [3.05, 3.63) is 46.6 Å². The first kappa shape index (κ1) is 20.6. The minimum absolute atomic E-state index is 0.106. The number of carbonyl (C=O) groups is 2. The Hall–Kier alpha value is -3.33. The molecule has 0 saturated heterocycles. The number of amides is 2. The highest BCUT2D eigenvalue weighted by molar-refractivity contribution is 6.30. The second-order valence-corrected chi connectivity index (χ2v) is 8.76. The Bertz CT molecular complexity index is 1190. The molecule has 1 aromatic carbocycles. The molecule has 1 saturated carbocycles. The average Bonchev–Trinajstić information content (AvgIpc) is 3.49. The Morgan fingerprint density at radius 1 is 1.19 bits per heavy atom. The fourth-order valence-corrected chi connectivity index (χ4v) is 4.70. The van der Waals surface area contributed by atoms with Gasteiger partial charge in [0.05, 0.1) is 11.1 Å². The highest BCUT2D eigenvalue weighted by Crippen LogP contribution is 2.42. The van der Waals surface area contributed by atoms with E-state index >= 15 is 0 Å². The molecule has 10 heteroatoms. The zero-order valence-corrected chi connectivity index (χ0v) is 18.5. The van der Waals surface area contributed by atoms with E-state index in [0.717, 1.165) is 31.2 Å². The van der Waals surface area contributed by atoms with Gasteiger partial charge >= 0.3 is 0 Å². The average molecular weight is 452 g/mol. The standard InChI is InChI=1S/C22H22ClN7O2/c1-13-11-17(30(28-13)21-26-18-16(19(31)27-21)12-24-29(18)2)25-20(32)22(9-3-4-10-22)14-5-7-15(23)8-6-14/h5-8,11-12,16H,3-4,9-10H2,1-2H3,(H,25,32). The van der Waals surface area contributed by atoms with Gasteiger partial charge in [-0.3, -0.25) is 14.6 Å². The molecule has 1 fully saturated rings. The number of carbonyl (C=O) groups excluding carboxylic acids is 2. The first-order valence-electron chi connectivity index (χ1n) is 10.5. The minimum atomic E-state index is -0.645. The van der Waals surface area contributed by atoms with Gasteiger partial charge in [0.15, 0.2) is 0 Å². The highest BCUT2D eigenvalue weighted by Gasteiger charge is 2.43. The van der Waals surface area contributed by atoms with E-state index in [-0.39, 0.29) is 17.8 Å². The normalized spacial score (nSPS) is 21.4. The number of rotatable bonds is 3. The van der Waals surface area contributed by atoms with Crippen molar-refractivity contribution in [3.63, 3.8) is 0 Å². The lowest BCUT2D eigenvalue weighted by atomic mass is 9.78. The van der Waals surface area contributed by atoms with Crippen molar-refractivity contribution in [3.8, 4) is 0 Å². The molecule has 1 aliphatic carbocycles. The number of nitrogens with zero attached hydrogens (tertiary/aromatic N) is 6. The molecule has 32 heavy (non-hydrogen) atoms. The van der Waals surface area contributed by atoms with Crippen LogP contribution in [0.1, 0.15) is 36.9 Å². The number of hydrogen-bond donors (Lipinski definition) is 1. The summed E-state index contributed by atoms with van der Waals surface area (Å²) < 4.78 is 1.41. The number of amidine groups is 1. The highest BCUT2D eigenvalue weighted by atomic mass is 35.5. The number of halogens is 1. The molecule has 5 rings (SSSR count). The summed E-state index contributed by atoms with van der Waals surface area (Å²) in [6.45, 7) is 1.81. The van der Waals surface area contributed by atoms with Crippen molar-refractivity contribution in [2.45, 2.75) is 38.0 Å². The molecule has 0 bridgehead atoms. The smallest absolute Gasteiger partial charge is 0.265 e. The van der Waals surface area contributed by atoms with Gasteiger partial charge in [-0.05, 0) is 37.5 Å². The molecular weight excluding hydrogens is 430 g/mol. The van der Waals surface area contributed by atoms with Gasteiger partial charge in [-0.15, -0.1) is 0 Å². The maximum absolute atomic E-state index is 13.6. The van der Waals surface area contributed by atoms with E-state index in [4.69, 9.17) is 11.6 Å². The van der Waals surface area contributed by atoms with Crippen LogP contribution in [0.4, 0.5) is 5.82 Å². The first-order valence-corrected chi connectivity index (χ1v) is 10.9. The third kappa shape index (κ3) is 3.33. The SMILES string of the molecule is Cc1cc(NC(=O)C2(c3ccc(Cl)cc3)CCCC2)n(C2=NC(=O)C3C=NN(C)C3=N2)n1. The number of hydrazone groups is 1. The number of aliphatic imine (C=N–C) groups is 2. The van der Waals surface area contributed by atoms with Gasteiger partial charge in [0.1, 0.15) is 17.6 Å². The Kier molecular flexibility index (Phi) is 4.93. The number of aromatic nitrogens is 2. The van der Waals surface area contributed by atoms with E-state index in [0.29, 0.717) is 22.4 Å². The van der Waals surface area contributed by atoms with Gasteiger partial charge in [-0.1, -0.05) is 36.6 Å². The van der Waals surface area contributed by atoms with Gasteiger partial charge in [0.25, 0.3) is 11.9 Å². The van der Waals surface area contributed by atoms with E-state index in [2.05, 4.69) is 25.5 Å². The Morgan fingerprint density at radius 2 is 1.91 bits per heavy atom. The van der Waals surface area contributed by atoms with Gasteiger partial charge < -0.3 is 5.32 Å². The molecule has 9 nitrogen and oxygen atoms in total. The van der Waals surface area contributed by atoms with Crippen molar-refractivity contribution < 1.29 is 9.59 Å². The summed E-state index contributed by atoms with van der Waals surface area (Å²) >= 11 is 6.07. The van der Waals surface area contributed by atoms with Crippen molar-refractivity contribution >= 4 is 47.2 Å². The van der Waals surface area contributed by atoms with Crippen LogP contribution in [0.25, 0.3) is 0 Å². The molecule has 2 aromatic rings. The molecule has 2 amide bonds. The monoisotopic (exact) mass is 451 g/mol. The summed E-state index contributed by atoms with van der Waals surface area (Å²) in [6.07, 6.45) is 4.96. The van der Waals surface area contributed by atoms with Gasteiger partial charge in [0, 0.05) is 24.4 Å². The summed E-state index contributed by atoms with van der Waals surface area (Å²) in [4.78, 5) is 34.7. The molecule has 3 heterocycles. The summed E-state index contributed by atoms with van der Waals surface area (Å²) in [5.74, 6) is -0.0494. The van der Waals surface area contributed by atoms with Crippen LogP contribution >= 0.6 is 11.6 Å². The van der Waals surface area contributed by atoms with Crippen LogP contribution < -0.4 is 5.32 Å². The third-order valence-electron chi connectivity index (χ3n) is 6.24. The van der Waals surface area contributed by atoms with Crippen molar-refractivity contribution in [1.82, 2.24) is 14.8 Å². The Balaban J connectivity index is 1.48. The van der Waals surface area contributed by atoms with E-state index in [1.807, 2.05) is 31.2 Å². The van der Waals surface area contributed by atoms with Crippen LogP contribution in [-0.2, 0) is 15.0 Å². The number of aryl methyl sites for hydroxylation is 1. The molecule has 0 spiro atoms. The van der Waals surface area contributed by atoms with E-state index in [9.17, 15) is 9.59 Å². The van der Waals surface area contributed by atoms with E-state index in [1.54, 1.807) is 18.1 Å². The molecule has 3 aliphatic rings. The second kappa shape index (κ2) is 7.67. The minimum Gasteiger partial charge on any atom is -0.310 e. The van der Waals surface area contributed by atoms with Crippen molar-refractivity contribution in [2.24, 2.45) is 21.0 Å². The lowest BCUT2D eigenvalue weighted by Gasteiger charge is -2.28. The Labute approximate surface area is 189 Å². The number of benzene rings is 1. The molecule has 1 atom stereocenters. The molecule has 1 N–H and O–H groups in total. The zero-order chi connectivity index (χ0) is 22.5. The predicted octanol–water partition coefficient (Wildman–Crippen LogP) is 2.99. The largest absolute Gasteiger partial charge is 0.310 e. The molecule has 2 aliphatic heterocycles. The topological polar surface area (TPSA) is 104 Å². The summed E-state index contributed by atoms with van der Waals surface area (Å²) in [5.41, 5.74) is 0.965. The fourth-order valence-electron chi connectivity index (χ4n) is 4.57. The maximum Gasteiger partial charge on any atom is 0.265 e. The first-order chi connectivity index (χ1) is 15.4. The molecule has 1 unspecified atom stereocenters. The lowest BCUT2D eigenvalue weighted by Crippen LogP contribution is -2.39. The Morgan fingerprint density at radius 3 is 2.62 bits per heavy atom. The van der Waals surface area contributed by atoms with Crippen molar-refractivity contribution in [1.29, 1.82) is 0 Å². The van der Waals surface area contributed by atoms with Gasteiger partial charge in [0.2, 0.25) is 5.91 Å². The van der Waals surface area contributed by atoms with Crippen LogP contribution in [0.3, 0.4) is 0 Å². The van der Waals surface area contributed by atoms with Gasteiger partial charge in [-0.2, -0.15) is 24.9 Å². The van der Waals surface area contributed by atoms with Crippen LogP contribution in [0.15, 0.2) is 45.4 Å². The van der Waals surface area contributed by atoms with Crippen LogP contribution in [-0.4, -0.2) is 51.7 Å². The van der Waals surface area contributed by atoms with Crippen LogP contribution in [0.5, 0.6) is 0 Å². The summed E-state index contributed by atoms with van der Waals surface area (Å²) in [7, 11) is 1.72. The van der Waals surface area contributed by atoms with Gasteiger partial charge in [-0.25, -0.2) is 0 Å². The number of fused-ring (bicyclic) bond motifs is 1. The third-order valence-corrected chi connectivity index (χ3v) is 6.49. The second-order valence-electron chi connectivity index (χ2n) is 8.32. The number of anilines is 1. The number of hydrogen-bond acceptors (Lipinski definition) is 6. The zero-order valence-electron chi connectivity index (χ0n) is 17.7. The van der Waals surface area contributed by atoms with E-state index in [1.165, 1.54) is 10.9 Å². The fraction of sp³-hybridized carbons (Fsp3) is 0.364. The lowest BCUT2D eigenvalue weighted by molar-refractivity contribution is -0.121. The van der Waals surface area contributed by atoms with Crippen LogP contribution in [0.2, 0.25) is 5.02 Å². The molecule has 164 valence electrons. The van der Waals surface area contributed by atoms with E-state index < -0.39 is 11.3 Å². The van der Waals surface area contributed by atoms with Crippen LogP contribution in [0, 0.1) is 12.8 Å². The predicted molar refractivity (Wildman–Crippen MR) is 122 cm³/mol. The summed E-state index contributed by atoms with van der Waals surface area (Å²) in [6, 6.07) is 9.21.